The first-order valence-electron chi connectivity index (χ1n) is 19.1. The molecule has 0 aliphatic rings. The summed E-state index contributed by atoms with van der Waals surface area (Å²) < 4.78 is 2.64. The van der Waals surface area contributed by atoms with E-state index in [0.29, 0.717) is 0 Å². The molecule has 264 valence electrons. The van der Waals surface area contributed by atoms with Crippen molar-refractivity contribution < 1.29 is 0 Å². The lowest BCUT2D eigenvalue weighted by Crippen LogP contribution is -2.10. The van der Waals surface area contributed by atoms with Gasteiger partial charge in [0.2, 0.25) is 0 Å². The first-order valence-corrected chi connectivity index (χ1v) is 19.9. The van der Waals surface area contributed by atoms with E-state index in [2.05, 4.69) is 229 Å². The van der Waals surface area contributed by atoms with Gasteiger partial charge in [-0.3, -0.25) is 0 Å². The highest BCUT2D eigenvalue weighted by Gasteiger charge is 2.17. The normalized spacial score (nSPS) is 11.2. The summed E-state index contributed by atoms with van der Waals surface area (Å²) in [5.74, 6) is 0. The predicted octanol–water partition coefficient (Wildman–Crippen LogP) is 15.9. The molecule has 0 spiro atoms. The Morgan fingerprint density at radius 2 is 0.732 bits per heavy atom. The highest BCUT2D eigenvalue weighted by molar-refractivity contribution is 7.26. The monoisotopic (exact) mass is 731 g/mol. The summed E-state index contributed by atoms with van der Waals surface area (Å²) in [5, 5.41) is 2.62. The van der Waals surface area contributed by atoms with Gasteiger partial charge in [0.25, 0.3) is 0 Å². The van der Waals surface area contributed by atoms with Gasteiger partial charge in [0.15, 0.2) is 0 Å². The smallest absolute Gasteiger partial charge is 0.0467 e. The van der Waals surface area contributed by atoms with Crippen molar-refractivity contribution in [2.24, 2.45) is 0 Å². The van der Waals surface area contributed by atoms with Crippen molar-refractivity contribution in [1.82, 2.24) is 0 Å². The Labute approximate surface area is 332 Å². The van der Waals surface area contributed by atoms with Gasteiger partial charge < -0.3 is 4.90 Å². The molecule has 0 atom stereocenters. The lowest BCUT2D eigenvalue weighted by atomic mass is 9.94. The molecule has 9 aromatic carbocycles. The molecule has 1 heterocycles. The van der Waals surface area contributed by atoms with Crippen molar-refractivity contribution >= 4 is 48.6 Å². The Hall–Kier alpha value is -7.00. The SMILES string of the molecule is c1ccc(-c2cccc(-c3ccc(N(c4ccc(-c5ccccc5-c5ccccc5)cc4)c4cccc(-c5cccc6c5sc5ccccc56)c4)cc3)c2)cc1. The van der Waals surface area contributed by atoms with Gasteiger partial charge >= 0.3 is 0 Å². The van der Waals surface area contributed by atoms with E-state index in [0.717, 1.165) is 17.1 Å². The number of rotatable bonds is 8. The van der Waals surface area contributed by atoms with Crippen LogP contribution in [0.25, 0.3) is 75.8 Å². The number of nitrogens with zero attached hydrogens (tertiary/aromatic N) is 1. The summed E-state index contributed by atoms with van der Waals surface area (Å²) in [4.78, 5) is 2.38. The summed E-state index contributed by atoms with van der Waals surface area (Å²) in [6.45, 7) is 0. The minimum atomic E-state index is 1.10. The second kappa shape index (κ2) is 14.7. The third-order valence-corrected chi connectivity index (χ3v) is 11.9. The van der Waals surface area contributed by atoms with Crippen LogP contribution in [0.3, 0.4) is 0 Å². The second-order valence-electron chi connectivity index (χ2n) is 14.1. The maximum atomic E-state index is 2.38. The topological polar surface area (TPSA) is 3.24 Å². The maximum absolute atomic E-state index is 2.38. The van der Waals surface area contributed by atoms with Gasteiger partial charge in [-0.15, -0.1) is 11.3 Å². The summed E-state index contributed by atoms with van der Waals surface area (Å²) in [6.07, 6.45) is 0. The lowest BCUT2D eigenvalue weighted by molar-refractivity contribution is 1.28. The highest BCUT2D eigenvalue weighted by Crippen LogP contribution is 2.43. The van der Waals surface area contributed by atoms with Gasteiger partial charge in [0.1, 0.15) is 0 Å². The van der Waals surface area contributed by atoms with Gasteiger partial charge in [-0.25, -0.2) is 0 Å². The molecule has 0 saturated carbocycles. The molecule has 0 N–H and O–H groups in total. The second-order valence-corrected chi connectivity index (χ2v) is 15.2. The zero-order chi connectivity index (χ0) is 37.3. The van der Waals surface area contributed by atoms with E-state index in [1.54, 1.807) is 0 Å². The van der Waals surface area contributed by atoms with Crippen molar-refractivity contribution in [3.8, 4) is 55.6 Å². The molecule has 0 bridgehead atoms. The average Bonchev–Trinajstić information content (AvgIpc) is 3.67. The van der Waals surface area contributed by atoms with Gasteiger partial charge in [-0.2, -0.15) is 0 Å². The van der Waals surface area contributed by atoms with Gasteiger partial charge in [-0.1, -0.05) is 176 Å². The van der Waals surface area contributed by atoms with Crippen molar-refractivity contribution in [3.05, 3.63) is 224 Å². The van der Waals surface area contributed by atoms with E-state index >= 15 is 0 Å². The Bertz CT molecular complexity index is 2940. The fourth-order valence-corrected chi connectivity index (χ4v) is 9.18. The molecule has 56 heavy (non-hydrogen) atoms. The summed E-state index contributed by atoms with van der Waals surface area (Å²) in [7, 11) is 0. The third-order valence-electron chi connectivity index (χ3n) is 10.7. The zero-order valence-corrected chi connectivity index (χ0v) is 31.5. The standard InChI is InChI=1S/C54H37NS/c1-3-14-38(15-4-1)42-18-11-19-43(36-42)39-28-32-45(33-29-39)55(46-34-30-41(31-35-46)49-23-8-7-22-48(49)40-16-5-2-6-17-40)47-21-12-20-44(37-47)50-25-13-26-52-51-24-9-10-27-53(51)56-54(50)52/h1-37H. The largest absolute Gasteiger partial charge is 0.310 e. The van der Waals surface area contributed by atoms with Crippen LogP contribution in [0.1, 0.15) is 0 Å². The van der Waals surface area contributed by atoms with Crippen LogP contribution in [0.4, 0.5) is 17.1 Å². The summed E-state index contributed by atoms with van der Waals surface area (Å²) >= 11 is 1.87. The zero-order valence-electron chi connectivity index (χ0n) is 30.7. The van der Waals surface area contributed by atoms with Crippen molar-refractivity contribution in [2.45, 2.75) is 0 Å². The molecule has 1 nitrogen and oxygen atoms in total. The van der Waals surface area contributed by atoms with Crippen LogP contribution >= 0.6 is 11.3 Å². The summed E-state index contributed by atoms with van der Waals surface area (Å²) in [5.41, 5.74) is 15.4. The molecule has 0 fully saturated rings. The molecule has 0 aliphatic heterocycles. The Morgan fingerprint density at radius 3 is 1.43 bits per heavy atom. The molecule has 0 amide bonds. The molecule has 10 aromatic rings. The van der Waals surface area contributed by atoms with E-state index < -0.39 is 0 Å². The first-order chi connectivity index (χ1) is 27.8. The maximum Gasteiger partial charge on any atom is 0.0467 e. The van der Waals surface area contributed by atoms with Crippen LogP contribution in [-0.4, -0.2) is 0 Å². The van der Waals surface area contributed by atoms with Crippen LogP contribution < -0.4 is 4.90 Å². The van der Waals surface area contributed by atoms with Crippen LogP contribution in [0.15, 0.2) is 224 Å². The fraction of sp³-hybridized carbons (Fsp3) is 0. The molecular formula is C54H37NS. The number of anilines is 3. The van der Waals surface area contributed by atoms with Crippen LogP contribution in [0.5, 0.6) is 0 Å². The third kappa shape index (κ3) is 6.36. The molecular weight excluding hydrogens is 695 g/mol. The Kier molecular flexibility index (Phi) is 8.79. The molecule has 1 aromatic heterocycles. The molecule has 0 aliphatic carbocycles. The van der Waals surface area contributed by atoms with E-state index in [4.69, 9.17) is 0 Å². The minimum absolute atomic E-state index is 1.10. The number of thiophene rings is 1. The van der Waals surface area contributed by atoms with Gasteiger partial charge in [0.05, 0.1) is 0 Å². The minimum Gasteiger partial charge on any atom is -0.310 e. The van der Waals surface area contributed by atoms with Crippen molar-refractivity contribution in [1.29, 1.82) is 0 Å². The first kappa shape index (κ1) is 33.6. The fourth-order valence-electron chi connectivity index (χ4n) is 7.94. The van der Waals surface area contributed by atoms with E-state index in [9.17, 15) is 0 Å². The van der Waals surface area contributed by atoms with E-state index in [-0.39, 0.29) is 0 Å². The average molecular weight is 732 g/mol. The lowest BCUT2D eigenvalue weighted by Gasteiger charge is -2.26. The number of fused-ring (bicyclic) bond motifs is 3. The van der Waals surface area contributed by atoms with Crippen molar-refractivity contribution in [3.63, 3.8) is 0 Å². The van der Waals surface area contributed by atoms with Crippen LogP contribution in [0, 0.1) is 0 Å². The van der Waals surface area contributed by atoms with Gasteiger partial charge in [-0.05, 0) is 104 Å². The Balaban J connectivity index is 1.07. The van der Waals surface area contributed by atoms with E-state index in [1.165, 1.54) is 75.8 Å². The number of hydrogen-bond donors (Lipinski definition) is 0. The number of hydrogen-bond acceptors (Lipinski definition) is 2. The van der Waals surface area contributed by atoms with Crippen molar-refractivity contribution in [2.75, 3.05) is 4.90 Å². The Morgan fingerprint density at radius 1 is 0.268 bits per heavy atom. The predicted molar refractivity (Wildman–Crippen MR) is 241 cm³/mol. The van der Waals surface area contributed by atoms with Crippen LogP contribution in [0.2, 0.25) is 0 Å². The highest BCUT2D eigenvalue weighted by atomic mass is 32.1. The molecule has 0 unspecified atom stereocenters. The van der Waals surface area contributed by atoms with Gasteiger partial charge in [0, 0.05) is 37.2 Å². The van der Waals surface area contributed by atoms with Crippen LogP contribution in [-0.2, 0) is 0 Å². The number of benzene rings is 9. The molecule has 0 radical (unpaired) electrons. The van der Waals surface area contributed by atoms with E-state index in [1.807, 2.05) is 11.3 Å². The summed E-state index contributed by atoms with van der Waals surface area (Å²) in [6, 6.07) is 81.2. The molecule has 2 heteroatoms. The quantitative estimate of drug-likeness (QED) is 0.150. The molecule has 0 saturated heterocycles. The molecule has 10 rings (SSSR count).